The smallest absolute Gasteiger partial charge is 0.249 e. The van der Waals surface area contributed by atoms with Crippen molar-refractivity contribution in [3.8, 4) is 0 Å². The third-order valence-corrected chi connectivity index (χ3v) is 3.95. The van der Waals surface area contributed by atoms with Crippen molar-refractivity contribution in [2.45, 2.75) is 27.7 Å². The predicted molar refractivity (Wildman–Crippen MR) is 108 cm³/mol. The molecule has 0 saturated carbocycles. The van der Waals surface area contributed by atoms with Gasteiger partial charge in [-0.2, -0.15) is 10.1 Å². The monoisotopic (exact) mass is 362 g/mol. The van der Waals surface area contributed by atoms with Crippen LogP contribution in [0.15, 0.2) is 42.6 Å². The number of carbonyl (C=O) groups excluding carboxylic acids is 1. The Morgan fingerprint density at radius 3 is 2.19 bits per heavy atom. The van der Waals surface area contributed by atoms with Crippen molar-refractivity contribution in [3.05, 3.63) is 59.3 Å². The zero-order chi connectivity index (χ0) is 19.4. The maximum absolute atomic E-state index is 11.1. The Labute approximate surface area is 158 Å². The van der Waals surface area contributed by atoms with Crippen LogP contribution in [-0.2, 0) is 4.79 Å². The molecule has 7 nitrogen and oxygen atoms in total. The van der Waals surface area contributed by atoms with E-state index in [1.54, 1.807) is 18.3 Å². The Kier molecular flexibility index (Phi) is 5.30. The van der Waals surface area contributed by atoms with Crippen molar-refractivity contribution >= 4 is 34.7 Å². The van der Waals surface area contributed by atoms with E-state index in [1.807, 2.05) is 12.1 Å². The summed E-state index contributed by atoms with van der Waals surface area (Å²) in [6.45, 7) is 7.68. The first-order valence-electron chi connectivity index (χ1n) is 8.60. The minimum absolute atomic E-state index is 0.108. The van der Waals surface area contributed by atoms with Crippen LogP contribution in [0.1, 0.15) is 23.6 Å². The van der Waals surface area contributed by atoms with Gasteiger partial charge in [0, 0.05) is 24.0 Å². The highest BCUT2D eigenvalue weighted by molar-refractivity contribution is 5.88. The molecule has 2 aromatic carbocycles. The Bertz CT molecular complexity index is 945. The summed E-state index contributed by atoms with van der Waals surface area (Å²) in [4.78, 5) is 15.6. The van der Waals surface area contributed by atoms with Crippen molar-refractivity contribution < 1.29 is 4.79 Å². The molecule has 7 heteroatoms. The minimum Gasteiger partial charge on any atom is -0.338 e. The molecule has 0 bridgehead atoms. The maximum atomic E-state index is 11.1. The summed E-state index contributed by atoms with van der Waals surface area (Å²) in [7, 11) is 0. The fourth-order valence-corrected chi connectivity index (χ4v) is 2.89. The summed E-state index contributed by atoms with van der Waals surface area (Å²) >= 11 is 0. The fourth-order valence-electron chi connectivity index (χ4n) is 2.89. The van der Waals surface area contributed by atoms with Gasteiger partial charge in [0.2, 0.25) is 11.9 Å². The molecule has 0 radical (unpaired) electrons. The quantitative estimate of drug-likeness (QED) is 0.629. The van der Waals surface area contributed by atoms with E-state index in [9.17, 15) is 4.79 Å². The highest BCUT2D eigenvalue weighted by atomic mass is 16.1. The van der Waals surface area contributed by atoms with E-state index in [1.165, 1.54) is 12.5 Å². The van der Waals surface area contributed by atoms with E-state index in [-0.39, 0.29) is 5.91 Å². The topological polar surface area (TPSA) is 91.8 Å². The molecule has 3 rings (SSSR count). The van der Waals surface area contributed by atoms with E-state index in [0.29, 0.717) is 11.8 Å². The average Bonchev–Trinajstić information content (AvgIpc) is 2.60. The SMILES string of the molecule is CC(=O)Nc1ccc(Nc2nncc(Nc3c(C)cc(C)cc3C)n2)cc1. The number of carbonyl (C=O) groups is 1. The number of hydrogen-bond donors (Lipinski definition) is 3. The van der Waals surface area contributed by atoms with E-state index in [2.05, 4.69) is 64.0 Å². The van der Waals surface area contributed by atoms with Crippen LogP contribution in [0, 0.1) is 20.8 Å². The van der Waals surface area contributed by atoms with Crippen molar-refractivity contribution in [1.82, 2.24) is 15.2 Å². The first-order valence-corrected chi connectivity index (χ1v) is 8.60. The molecule has 138 valence electrons. The van der Waals surface area contributed by atoms with Crippen molar-refractivity contribution in [2.75, 3.05) is 16.0 Å². The normalized spacial score (nSPS) is 10.4. The molecule has 3 aromatic rings. The molecule has 3 N–H and O–H groups in total. The molecule has 0 spiro atoms. The highest BCUT2D eigenvalue weighted by Crippen LogP contribution is 2.25. The standard InChI is InChI=1S/C20H22N6O/c1-12-9-13(2)19(14(3)10-12)24-18-11-21-26-20(25-18)23-17-7-5-16(6-8-17)22-15(4)27/h5-11H,1-4H3,(H,22,27)(H2,23,24,25,26). The van der Waals surface area contributed by atoms with Crippen molar-refractivity contribution in [1.29, 1.82) is 0 Å². The van der Waals surface area contributed by atoms with Gasteiger partial charge in [0.05, 0.1) is 6.20 Å². The minimum atomic E-state index is -0.108. The Hall–Kier alpha value is -3.48. The zero-order valence-electron chi connectivity index (χ0n) is 15.8. The lowest BCUT2D eigenvalue weighted by molar-refractivity contribution is -0.114. The number of aryl methyl sites for hydroxylation is 3. The van der Waals surface area contributed by atoms with Gasteiger partial charge in [-0.25, -0.2) is 0 Å². The van der Waals surface area contributed by atoms with E-state index in [4.69, 9.17) is 0 Å². The zero-order valence-corrected chi connectivity index (χ0v) is 15.8. The molecule has 0 saturated heterocycles. The second-order valence-electron chi connectivity index (χ2n) is 6.45. The molecule has 1 aromatic heterocycles. The molecule has 0 unspecified atom stereocenters. The van der Waals surface area contributed by atoms with Gasteiger partial charge in [-0.3, -0.25) is 4.79 Å². The van der Waals surface area contributed by atoms with Crippen LogP contribution in [-0.4, -0.2) is 21.1 Å². The van der Waals surface area contributed by atoms with E-state index < -0.39 is 0 Å². The van der Waals surface area contributed by atoms with Crippen LogP contribution in [0.3, 0.4) is 0 Å². The number of benzene rings is 2. The van der Waals surface area contributed by atoms with Gasteiger partial charge in [-0.1, -0.05) is 17.7 Å². The summed E-state index contributed by atoms with van der Waals surface area (Å²) in [5, 5.41) is 17.2. The van der Waals surface area contributed by atoms with E-state index >= 15 is 0 Å². The van der Waals surface area contributed by atoms with Crippen LogP contribution in [0.25, 0.3) is 0 Å². The summed E-state index contributed by atoms with van der Waals surface area (Å²) in [6.07, 6.45) is 1.59. The molecular weight excluding hydrogens is 340 g/mol. The summed E-state index contributed by atoms with van der Waals surface area (Å²) in [6, 6.07) is 11.5. The number of amides is 1. The lowest BCUT2D eigenvalue weighted by Gasteiger charge is -2.13. The Morgan fingerprint density at radius 1 is 0.926 bits per heavy atom. The summed E-state index contributed by atoms with van der Waals surface area (Å²) in [5.41, 5.74) is 6.06. The number of anilines is 5. The highest BCUT2D eigenvalue weighted by Gasteiger charge is 2.07. The number of aromatic nitrogens is 3. The third kappa shape index (κ3) is 4.78. The van der Waals surface area contributed by atoms with Crippen LogP contribution in [0.2, 0.25) is 0 Å². The lowest BCUT2D eigenvalue weighted by atomic mass is 10.1. The number of rotatable bonds is 5. The van der Waals surface area contributed by atoms with Gasteiger partial charge in [0.1, 0.15) is 0 Å². The van der Waals surface area contributed by atoms with Crippen molar-refractivity contribution in [2.24, 2.45) is 0 Å². The first-order chi connectivity index (χ1) is 12.9. The third-order valence-electron chi connectivity index (χ3n) is 3.95. The molecule has 0 aliphatic heterocycles. The van der Waals surface area contributed by atoms with E-state index in [0.717, 1.165) is 28.2 Å². The number of nitrogens with one attached hydrogen (secondary N) is 3. The number of hydrogen-bond acceptors (Lipinski definition) is 6. The second kappa shape index (κ2) is 7.82. The average molecular weight is 362 g/mol. The van der Waals surface area contributed by atoms with Gasteiger partial charge in [-0.15, -0.1) is 5.10 Å². The van der Waals surface area contributed by atoms with Crippen molar-refractivity contribution in [3.63, 3.8) is 0 Å². The van der Waals surface area contributed by atoms with Crippen LogP contribution in [0.4, 0.5) is 28.8 Å². The molecule has 0 atom stereocenters. The molecule has 0 fully saturated rings. The van der Waals surface area contributed by atoms with Crippen LogP contribution in [0.5, 0.6) is 0 Å². The van der Waals surface area contributed by atoms with Gasteiger partial charge < -0.3 is 16.0 Å². The van der Waals surface area contributed by atoms with Gasteiger partial charge in [0.15, 0.2) is 5.82 Å². The molecule has 1 heterocycles. The van der Waals surface area contributed by atoms with Gasteiger partial charge >= 0.3 is 0 Å². The lowest BCUT2D eigenvalue weighted by Crippen LogP contribution is -2.06. The Balaban J connectivity index is 1.75. The molecule has 0 aliphatic rings. The number of nitrogens with zero attached hydrogens (tertiary/aromatic N) is 3. The van der Waals surface area contributed by atoms with Gasteiger partial charge in [0.25, 0.3) is 0 Å². The molecule has 27 heavy (non-hydrogen) atoms. The predicted octanol–water partition coefficient (Wildman–Crippen LogP) is 4.24. The molecule has 1 amide bonds. The summed E-state index contributed by atoms with van der Waals surface area (Å²) in [5.74, 6) is 0.885. The second-order valence-corrected chi connectivity index (χ2v) is 6.45. The fraction of sp³-hybridized carbons (Fsp3) is 0.200. The van der Waals surface area contributed by atoms with Crippen LogP contribution < -0.4 is 16.0 Å². The first kappa shape index (κ1) is 18.3. The maximum Gasteiger partial charge on any atom is 0.249 e. The molecule has 0 aliphatic carbocycles. The van der Waals surface area contributed by atoms with Gasteiger partial charge in [-0.05, 0) is 56.2 Å². The largest absolute Gasteiger partial charge is 0.338 e. The Morgan fingerprint density at radius 2 is 1.56 bits per heavy atom. The van der Waals surface area contributed by atoms with Crippen LogP contribution >= 0.6 is 0 Å². The summed E-state index contributed by atoms with van der Waals surface area (Å²) < 4.78 is 0. The molecular formula is C20H22N6O.